The molecule has 0 aliphatic heterocycles. The molecule has 0 unspecified atom stereocenters. The second kappa shape index (κ2) is 8.39. The van der Waals surface area contributed by atoms with Crippen LogP contribution in [0.2, 0.25) is 0 Å². The molecule has 4 aromatic rings. The first kappa shape index (κ1) is 18.4. The van der Waals surface area contributed by atoms with Crippen LogP contribution in [0.15, 0.2) is 79.1 Å². The maximum absolute atomic E-state index is 12.7. The van der Waals surface area contributed by atoms with E-state index in [1.54, 1.807) is 31.6 Å². The second-order valence-electron chi connectivity index (χ2n) is 6.47. The SMILES string of the molecule is COc1ccc(CNc2cc(C(=O)Nc3cccc4cccnc34)ccn2)cc1. The number of anilines is 2. The number of pyridine rings is 2. The van der Waals surface area contributed by atoms with E-state index in [9.17, 15) is 4.79 Å². The third-order valence-electron chi connectivity index (χ3n) is 4.54. The van der Waals surface area contributed by atoms with E-state index in [1.165, 1.54) is 0 Å². The van der Waals surface area contributed by atoms with E-state index in [2.05, 4.69) is 20.6 Å². The van der Waals surface area contributed by atoms with Crippen LogP contribution in [0.3, 0.4) is 0 Å². The fourth-order valence-electron chi connectivity index (χ4n) is 3.00. The predicted octanol–water partition coefficient (Wildman–Crippen LogP) is 4.50. The van der Waals surface area contributed by atoms with Crippen LogP contribution in [0, 0.1) is 0 Å². The molecule has 0 aliphatic rings. The Labute approximate surface area is 168 Å². The third-order valence-corrected chi connectivity index (χ3v) is 4.54. The van der Waals surface area contributed by atoms with Gasteiger partial charge in [0.15, 0.2) is 0 Å². The number of carbonyl (C=O) groups is 1. The number of ether oxygens (including phenoxy) is 1. The molecule has 6 nitrogen and oxygen atoms in total. The highest BCUT2D eigenvalue weighted by atomic mass is 16.5. The van der Waals surface area contributed by atoms with Crippen molar-refractivity contribution in [3.05, 3.63) is 90.3 Å². The van der Waals surface area contributed by atoms with Gasteiger partial charge in [-0.05, 0) is 42.0 Å². The van der Waals surface area contributed by atoms with Gasteiger partial charge in [0, 0.05) is 29.9 Å². The quantitative estimate of drug-likeness (QED) is 0.512. The summed E-state index contributed by atoms with van der Waals surface area (Å²) in [6.45, 7) is 0.593. The van der Waals surface area contributed by atoms with Crippen LogP contribution < -0.4 is 15.4 Å². The van der Waals surface area contributed by atoms with Gasteiger partial charge in [0.2, 0.25) is 0 Å². The van der Waals surface area contributed by atoms with Crippen molar-refractivity contribution in [2.45, 2.75) is 6.54 Å². The first-order chi connectivity index (χ1) is 14.2. The zero-order valence-electron chi connectivity index (χ0n) is 15.9. The molecular formula is C23H20N4O2. The highest BCUT2D eigenvalue weighted by molar-refractivity contribution is 6.08. The monoisotopic (exact) mass is 384 g/mol. The second-order valence-corrected chi connectivity index (χ2v) is 6.47. The molecule has 0 bridgehead atoms. The van der Waals surface area contributed by atoms with Gasteiger partial charge in [-0.3, -0.25) is 9.78 Å². The molecule has 0 saturated carbocycles. The summed E-state index contributed by atoms with van der Waals surface area (Å²) >= 11 is 0. The van der Waals surface area contributed by atoms with Gasteiger partial charge >= 0.3 is 0 Å². The summed E-state index contributed by atoms with van der Waals surface area (Å²) < 4.78 is 5.17. The molecule has 2 N–H and O–H groups in total. The number of rotatable bonds is 6. The lowest BCUT2D eigenvalue weighted by Crippen LogP contribution is -2.13. The first-order valence-corrected chi connectivity index (χ1v) is 9.21. The van der Waals surface area contributed by atoms with Gasteiger partial charge in [-0.1, -0.05) is 30.3 Å². The van der Waals surface area contributed by atoms with Gasteiger partial charge in [-0.25, -0.2) is 4.98 Å². The number of methoxy groups -OCH3 is 1. The van der Waals surface area contributed by atoms with Crippen molar-refractivity contribution < 1.29 is 9.53 Å². The minimum absolute atomic E-state index is 0.210. The van der Waals surface area contributed by atoms with Crippen molar-refractivity contribution in [3.63, 3.8) is 0 Å². The summed E-state index contributed by atoms with van der Waals surface area (Å²) in [5.41, 5.74) is 3.04. The smallest absolute Gasteiger partial charge is 0.255 e. The van der Waals surface area contributed by atoms with Gasteiger partial charge in [0.25, 0.3) is 5.91 Å². The van der Waals surface area contributed by atoms with Crippen molar-refractivity contribution >= 4 is 28.3 Å². The van der Waals surface area contributed by atoms with E-state index < -0.39 is 0 Å². The number of nitrogens with zero attached hydrogens (tertiary/aromatic N) is 2. The standard InChI is InChI=1S/C23H20N4O2/c1-29-19-9-7-16(8-10-19)15-26-21-14-18(11-13-24-21)23(28)27-20-6-2-4-17-5-3-12-25-22(17)20/h2-14H,15H2,1H3,(H,24,26)(H,27,28). The number of aromatic nitrogens is 2. The Morgan fingerprint density at radius 1 is 0.966 bits per heavy atom. The van der Waals surface area contributed by atoms with Crippen LogP contribution >= 0.6 is 0 Å². The Morgan fingerprint density at radius 2 is 1.79 bits per heavy atom. The van der Waals surface area contributed by atoms with Gasteiger partial charge in [-0.15, -0.1) is 0 Å². The summed E-state index contributed by atoms with van der Waals surface area (Å²) in [5, 5.41) is 7.16. The van der Waals surface area contributed by atoms with Crippen LogP contribution in [0.4, 0.5) is 11.5 Å². The molecule has 6 heteroatoms. The number of fused-ring (bicyclic) bond motifs is 1. The Bertz CT molecular complexity index is 1140. The largest absolute Gasteiger partial charge is 0.497 e. The molecule has 0 fully saturated rings. The number of para-hydroxylation sites is 1. The van der Waals surface area contributed by atoms with E-state index in [-0.39, 0.29) is 5.91 Å². The first-order valence-electron chi connectivity index (χ1n) is 9.21. The molecule has 144 valence electrons. The number of hydrogen-bond donors (Lipinski definition) is 2. The molecule has 2 aromatic heterocycles. The Balaban J connectivity index is 1.46. The molecule has 0 spiro atoms. The molecule has 4 rings (SSSR count). The number of hydrogen-bond acceptors (Lipinski definition) is 5. The van der Waals surface area contributed by atoms with Gasteiger partial charge in [0.1, 0.15) is 11.6 Å². The van der Waals surface area contributed by atoms with E-state index in [4.69, 9.17) is 4.74 Å². The van der Waals surface area contributed by atoms with Crippen molar-refractivity contribution in [2.75, 3.05) is 17.7 Å². The fourth-order valence-corrected chi connectivity index (χ4v) is 3.00. The highest BCUT2D eigenvalue weighted by Crippen LogP contribution is 2.21. The lowest BCUT2D eigenvalue weighted by Gasteiger charge is -2.10. The number of amides is 1. The molecule has 2 heterocycles. The van der Waals surface area contributed by atoms with Gasteiger partial charge in [0.05, 0.1) is 18.3 Å². The third kappa shape index (κ3) is 4.32. The van der Waals surface area contributed by atoms with Crippen LogP contribution in [0.25, 0.3) is 10.9 Å². The molecule has 0 aliphatic carbocycles. The molecule has 0 atom stereocenters. The number of carbonyl (C=O) groups excluding carboxylic acids is 1. The van der Waals surface area contributed by atoms with Crippen molar-refractivity contribution in [3.8, 4) is 5.75 Å². The summed E-state index contributed by atoms with van der Waals surface area (Å²) in [5.74, 6) is 1.23. The van der Waals surface area contributed by atoms with E-state index >= 15 is 0 Å². The van der Waals surface area contributed by atoms with Gasteiger partial charge in [-0.2, -0.15) is 0 Å². The maximum atomic E-state index is 12.7. The predicted molar refractivity (Wildman–Crippen MR) is 114 cm³/mol. The minimum atomic E-state index is -0.210. The Kier molecular flexibility index (Phi) is 5.33. The lowest BCUT2D eigenvalue weighted by molar-refractivity contribution is 0.102. The molecule has 0 radical (unpaired) electrons. The molecule has 29 heavy (non-hydrogen) atoms. The summed E-state index contributed by atoms with van der Waals surface area (Å²) in [6.07, 6.45) is 3.33. The zero-order chi connectivity index (χ0) is 20.1. The summed E-state index contributed by atoms with van der Waals surface area (Å²) in [4.78, 5) is 21.4. The summed E-state index contributed by atoms with van der Waals surface area (Å²) in [6, 6.07) is 20.7. The average Bonchev–Trinajstić information content (AvgIpc) is 2.78. The molecular weight excluding hydrogens is 364 g/mol. The molecule has 2 aromatic carbocycles. The average molecular weight is 384 g/mol. The molecule has 0 saturated heterocycles. The maximum Gasteiger partial charge on any atom is 0.255 e. The number of benzene rings is 2. The zero-order valence-corrected chi connectivity index (χ0v) is 15.9. The topological polar surface area (TPSA) is 76.1 Å². The van der Waals surface area contributed by atoms with Crippen molar-refractivity contribution in [1.82, 2.24) is 9.97 Å². The van der Waals surface area contributed by atoms with Crippen LogP contribution in [-0.4, -0.2) is 23.0 Å². The van der Waals surface area contributed by atoms with E-state index in [1.807, 2.05) is 54.6 Å². The van der Waals surface area contributed by atoms with Crippen molar-refractivity contribution in [1.29, 1.82) is 0 Å². The Hall–Kier alpha value is -3.93. The lowest BCUT2D eigenvalue weighted by atomic mass is 10.1. The normalized spacial score (nSPS) is 10.5. The van der Waals surface area contributed by atoms with Crippen LogP contribution in [-0.2, 0) is 6.54 Å². The molecule has 1 amide bonds. The van der Waals surface area contributed by atoms with E-state index in [0.29, 0.717) is 23.6 Å². The fraction of sp³-hybridized carbons (Fsp3) is 0.0870. The summed E-state index contributed by atoms with van der Waals surface area (Å²) in [7, 11) is 1.64. The van der Waals surface area contributed by atoms with Crippen molar-refractivity contribution in [2.24, 2.45) is 0 Å². The highest BCUT2D eigenvalue weighted by Gasteiger charge is 2.10. The van der Waals surface area contributed by atoms with Crippen LogP contribution in [0.5, 0.6) is 5.75 Å². The van der Waals surface area contributed by atoms with E-state index in [0.717, 1.165) is 22.2 Å². The van der Waals surface area contributed by atoms with Gasteiger partial charge < -0.3 is 15.4 Å². The Morgan fingerprint density at radius 3 is 2.62 bits per heavy atom. The van der Waals surface area contributed by atoms with Crippen LogP contribution in [0.1, 0.15) is 15.9 Å². The number of nitrogens with one attached hydrogen (secondary N) is 2. The minimum Gasteiger partial charge on any atom is -0.497 e.